The molecule has 1 aliphatic carbocycles. The Hall–Kier alpha value is -0.220. The summed E-state index contributed by atoms with van der Waals surface area (Å²) in [6, 6.07) is 0.222. The molecule has 1 atom stereocenters. The highest BCUT2D eigenvalue weighted by molar-refractivity contribution is 4.84. The van der Waals surface area contributed by atoms with Gasteiger partial charge >= 0.3 is 0 Å². The highest BCUT2D eigenvalue weighted by Gasteiger charge is 2.28. The lowest BCUT2D eigenvalue weighted by molar-refractivity contribution is 0.0987. The zero-order chi connectivity index (χ0) is 9.84. The number of rotatable bonds is 6. The summed E-state index contributed by atoms with van der Waals surface area (Å²) >= 11 is 0. The third kappa shape index (κ3) is 4.52. The van der Waals surface area contributed by atoms with Crippen LogP contribution in [-0.4, -0.2) is 37.5 Å². The molecule has 1 fully saturated rings. The molecule has 0 aromatic heterocycles. The standard InChI is InChI=1S/C9H18F2N2/c1-13(6-9(10)11)5-4-8(12)7-2-3-7/h7-9H,2-6,12H2,1H3. The van der Waals surface area contributed by atoms with Crippen LogP contribution in [0.3, 0.4) is 0 Å². The van der Waals surface area contributed by atoms with E-state index in [9.17, 15) is 8.78 Å². The molecule has 0 saturated heterocycles. The van der Waals surface area contributed by atoms with E-state index in [-0.39, 0.29) is 12.6 Å². The van der Waals surface area contributed by atoms with Gasteiger partial charge < -0.3 is 10.6 Å². The Labute approximate surface area is 78.1 Å². The maximum absolute atomic E-state index is 11.9. The first kappa shape index (κ1) is 10.9. The molecule has 0 spiro atoms. The Morgan fingerprint density at radius 3 is 2.54 bits per heavy atom. The molecule has 0 radical (unpaired) electrons. The normalized spacial score (nSPS) is 19.8. The lowest BCUT2D eigenvalue weighted by Crippen LogP contribution is -2.31. The number of hydrogen-bond donors (Lipinski definition) is 1. The molecule has 0 heterocycles. The molecular weight excluding hydrogens is 174 g/mol. The van der Waals surface area contributed by atoms with Crippen LogP contribution in [0, 0.1) is 5.92 Å². The van der Waals surface area contributed by atoms with E-state index in [2.05, 4.69) is 0 Å². The second-order valence-electron chi connectivity index (χ2n) is 3.94. The maximum Gasteiger partial charge on any atom is 0.251 e. The molecule has 0 bridgehead atoms. The van der Waals surface area contributed by atoms with Gasteiger partial charge in [0.1, 0.15) is 0 Å². The van der Waals surface area contributed by atoms with E-state index in [0.717, 1.165) is 6.42 Å². The van der Waals surface area contributed by atoms with Gasteiger partial charge in [0.15, 0.2) is 0 Å². The van der Waals surface area contributed by atoms with Gasteiger partial charge in [-0.1, -0.05) is 0 Å². The van der Waals surface area contributed by atoms with Crippen LogP contribution in [-0.2, 0) is 0 Å². The predicted octanol–water partition coefficient (Wildman–Crippen LogP) is 1.31. The highest BCUT2D eigenvalue weighted by Crippen LogP contribution is 2.32. The van der Waals surface area contributed by atoms with Crippen LogP contribution in [0.25, 0.3) is 0 Å². The second kappa shape index (κ2) is 4.86. The van der Waals surface area contributed by atoms with Crippen molar-refractivity contribution >= 4 is 0 Å². The fourth-order valence-electron chi connectivity index (χ4n) is 1.46. The van der Waals surface area contributed by atoms with Crippen molar-refractivity contribution in [2.45, 2.75) is 31.7 Å². The Kier molecular flexibility index (Phi) is 4.06. The number of hydrogen-bond acceptors (Lipinski definition) is 2. The Morgan fingerprint density at radius 2 is 2.08 bits per heavy atom. The molecule has 13 heavy (non-hydrogen) atoms. The van der Waals surface area contributed by atoms with E-state index < -0.39 is 6.43 Å². The first-order valence-electron chi connectivity index (χ1n) is 4.82. The van der Waals surface area contributed by atoms with Gasteiger partial charge in [-0.15, -0.1) is 0 Å². The lowest BCUT2D eigenvalue weighted by Gasteiger charge is -2.18. The van der Waals surface area contributed by atoms with E-state index in [1.807, 2.05) is 0 Å². The largest absolute Gasteiger partial charge is 0.327 e. The quantitative estimate of drug-likeness (QED) is 0.687. The summed E-state index contributed by atoms with van der Waals surface area (Å²) < 4.78 is 23.8. The lowest BCUT2D eigenvalue weighted by atomic mass is 10.1. The van der Waals surface area contributed by atoms with Crippen LogP contribution in [0.5, 0.6) is 0 Å². The van der Waals surface area contributed by atoms with Gasteiger partial charge in [-0.05, 0) is 38.8 Å². The first-order chi connectivity index (χ1) is 6.09. The van der Waals surface area contributed by atoms with Crippen molar-refractivity contribution in [3.05, 3.63) is 0 Å². The van der Waals surface area contributed by atoms with Gasteiger partial charge in [0.2, 0.25) is 0 Å². The zero-order valence-electron chi connectivity index (χ0n) is 8.05. The fourth-order valence-corrected chi connectivity index (χ4v) is 1.46. The smallest absolute Gasteiger partial charge is 0.251 e. The van der Waals surface area contributed by atoms with Crippen LogP contribution < -0.4 is 5.73 Å². The van der Waals surface area contributed by atoms with E-state index in [0.29, 0.717) is 12.5 Å². The van der Waals surface area contributed by atoms with Gasteiger partial charge in [-0.3, -0.25) is 0 Å². The molecule has 2 nitrogen and oxygen atoms in total. The SMILES string of the molecule is CN(CCC(N)C1CC1)CC(F)F. The minimum atomic E-state index is -2.23. The van der Waals surface area contributed by atoms with Gasteiger partial charge in [0, 0.05) is 6.04 Å². The average Bonchev–Trinajstić information content (AvgIpc) is 2.80. The van der Waals surface area contributed by atoms with Crippen LogP contribution in [0.1, 0.15) is 19.3 Å². The molecule has 0 aromatic rings. The maximum atomic E-state index is 11.9. The average molecular weight is 192 g/mol. The van der Waals surface area contributed by atoms with E-state index in [1.54, 1.807) is 11.9 Å². The van der Waals surface area contributed by atoms with Crippen molar-refractivity contribution in [1.82, 2.24) is 4.90 Å². The van der Waals surface area contributed by atoms with Crippen LogP contribution in [0.15, 0.2) is 0 Å². The predicted molar refractivity (Wildman–Crippen MR) is 48.8 cm³/mol. The van der Waals surface area contributed by atoms with E-state index in [1.165, 1.54) is 12.8 Å². The topological polar surface area (TPSA) is 29.3 Å². The molecule has 1 aliphatic rings. The Balaban J connectivity index is 2.03. The third-order valence-electron chi connectivity index (χ3n) is 2.52. The number of nitrogens with zero attached hydrogens (tertiary/aromatic N) is 1. The molecule has 1 rings (SSSR count). The van der Waals surface area contributed by atoms with Crippen molar-refractivity contribution in [2.24, 2.45) is 11.7 Å². The molecule has 1 unspecified atom stereocenters. The summed E-state index contributed by atoms with van der Waals surface area (Å²) in [4.78, 5) is 1.65. The molecule has 2 N–H and O–H groups in total. The van der Waals surface area contributed by atoms with E-state index in [4.69, 9.17) is 5.73 Å². The van der Waals surface area contributed by atoms with Crippen molar-refractivity contribution in [2.75, 3.05) is 20.1 Å². The van der Waals surface area contributed by atoms with Crippen LogP contribution in [0.4, 0.5) is 8.78 Å². The summed E-state index contributed by atoms with van der Waals surface area (Å²) in [6.07, 6.45) is 1.05. The third-order valence-corrected chi connectivity index (χ3v) is 2.52. The first-order valence-corrected chi connectivity index (χ1v) is 4.82. The second-order valence-corrected chi connectivity index (χ2v) is 3.94. The molecular formula is C9H18F2N2. The number of alkyl halides is 2. The van der Waals surface area contributed by atoms with Crippen LogP contribution in [0.2, 0.25) is 0 Å². The zero-order valence-corrected chi connectivity index (χ0v) is 8.05. The number of halogens is 2. The summed E-state index contributed by atoms with van der Waals surface area (Å²) in [6.45, 7) is 0.541. The minimum Gasteiger partial charge on any atom is -0.327 e. The van der Waals surface area contributed by atoms with Crippen molar-refractivity contribution in [1.29, 1.82) is 0 Å². The molecule has 0 amide bonds. The highest BCUT2D eigenvalue weighted by atomic mass is 19.3. The fraction of sp³-hybridized carbons (Fsp3) is 1.00. The van der Waals surface area contributed by atoms with Gasteiger partial charge in [0.05, 0.1) is 6.54 Å². The summed E-state index contributed by atoms with van der Waals surface area (Å²) in [5.74, 6) is 0.667. The molecule has 0 aliphatic heterocycles. The van der Waals surface area contributed by atoms with Gasteiger partial charge in [-0.2, -0.15) is 0 Å². The summed E-state index contributed by atoms with van der Waals surface area (Å²) in [5, 5.41) is 0. The molecule has 4 heteroatoms. The monoisotopic (exact) mass is 192 g/mol. The van der Waals surface area contributed by atoms with Gasteiger partial charge in [-0.25, -0.2) is 8.78 Å². The molecule has 78 valence electrons. The Morgan fingerprint density at radius 1 is 1.46 bits per heavy atom. The van der Waals surface area contributed by atoms with Crippen molar-refractivity contribution in [3.63, 3.8) is 0 Å². The van der Waals surface area contributed by atoms with Gasteiger partial charge in [0.25, 0.3) is 6.43 Å². The minimum absolute atomic E-state index is 0.141. The van der Waals surface area contributed by atoms with Crippen molar-refractivity contribution < 1.29 is 8.78 Å². The summed E-state index contributed by atoms with van der Waals surface area (Å²) in [5.41, 5.74) is 5.84. The Bertz CT molecular complexity index is 149. The van der Waals surface area contributed by atoms with Crippen molar-refractivity contribution in [3.8, 4) is 0 Å². The van der Waals surface area contributed by atoms with Crippen LogP contribution >= 0.6 is 0 Å². The van der Waals surface area contributed by atoms with E-state index >= 15 is 0 Å². The molecule has 1 saturated carbocycles. The number of nitrogens with two attached hydrogens (primary N) is 1. The summed E-state index contributed by atoms with van der Waals surface area (Å²) in [7, 11) is 1.71. The molecule has 0 aromatic carbocycles.